The summed E-state index contributed by atoms with van der Waals surface area (Å²) in [5, 5.41) is 2.14. The third-order valence-corrected chi connectivity index (χ3v) is 4.18. The maximum atomic E-state index is 5.60. The van der Waals surface area contributed by atoms with Crippen LogP contribution in [0.15, 0.2) is 24.3 Å². The zero-order valence-electron chi connectivity index (χ0n) is 12.3. The Morgan fingerprint density at radius 3 is 1.95 bits per heavy atom. The molecule has 1 atom stereocenters. The summed E-state index contributed by atoms with van der Waals surface area (Å²) in [7, 11) is 8.72. The van der Waals surface area contributed by atoms with Gasteiger partial charge in [-0.2, -0.15) is 0 Å². The molecule has 0 aliphatic carbocycles. The zero-order chi connectivity index (χ0) is 14.7. The summed E-state index contributed by atoms with van der Waals surface area (Å²) in [5.41, 5.74) is 1.29. The minimum Gasteiger partial charge on any atom is -0.492 e. The lowest BCUT2D eigenvalue weighted by molar-refractivity contribution is 0.325. The molecule has 0 saturated heterocycles. The predicted octanol–water partition coefficient (Wildman–Crippen LogP) is 3.49. The number of hydrogen-bond donors (Lipinski definition) is 0. The first-order valence-corrected chi connectivity index (χ1v) is 7.18. The molecule has 0 aliphatic heterocycles. The molecule has 2 aromatic rings. The van der Waals surface area contributed by atoms with Gasteiger partial charge in [0.25, 0.3) is 0 Å². The molecule has 3 nitrogen and oxygen atoms in total. The number of rotatable bonds is 5. The molecule has 4 heteroatoms. The molecule has 1 unspecified atom stereocenters. The molecule has 2 rings (SSSR count). The Bertz CT molecular complexity index is 610. The molecule has 0 aromatic heterocycles. The highest BCUT2D eigenvalue weighted by Gasteiger charge is 2.24. The number of benzene rings is 2. The largest absolute Gasteiger partial charge is 0.492 e. The maximum absolute atomic E-state index is 5.60. The van der Waals surface area contributed by atoms with E-state index in [-0.39, 0.29) is 5.54 Å². The summed E-state index contributed by atoms with van der Waals surface area (Å²) in [4.78, 5) is 0. The Hall–Kier alpha value is -1.68. The molecule has 0 bridgehead atoms. The molecular formula is C16H19O3Si. The minimum absolute atomic E-state index is 0.189. The molecule has 105 valence electrons. The fourth-order valence-corrected chi connectivity index (χ4v) is 2.81. The Morgan fingerprint density at radius 2 is 1.45 bits per heavy atom. The first-order valence-electron chi connectivity index (χ1n) is 6.61. The van der Waals surface area contributed by atoms with Crippen LogP contribution in [-0.2, 0) is 0 Å². The van der Waals surface area contributed by atoms with Gasteiger partial charge in [0.05, 0.1) is 21.3 Å². The van der Waals surface area contributed by atoms with Gasteiger partial charge in [-0.1, -0.05) is 37.6 Å². The Kier molecular flexibility index (Phi) is 4.55. The van der Waals surface area contributed by atoms with Crippen LogP contribution in [0.5, 0.6) is 17.2 Å². The normalized spacial score (nSPS) is 12.2. The van der Waals surface area contributed by atoms with E-state index >= 15 is 0 Å². The zero-order valence-corrected chi connectivity index (χ0v) is 13.3. The van der Waals surface area contributed by atoms with Crippen LogP contribution in [0.4, 0.5) is 0 Å². The Labute approximate surface area is 123 Å². The molecule has 0 spiro atoms. The standard InChI is InChI=1S/C16H19O3Si/c1-5-12(20)13-10-8-6-7-9-11(10)14(17-2)16(19-4)15(13)18-3/h6-9,12H,5H2,1-4H3. The van der Waals surface area contributed by atoms with E-state index in [1.54, 1.807) is 21.3 Å². The van der Waals surface area contributed by atoms with E-state index in [1.165, 1.54) is 0 Å². The van der Waals surface area contributed by atoms with E-state index in [4.69, 9.17) is 14.2 Å². The monoisotopic (exact) mass is 287 g/mol. The van der Waals surface area contributed by atoms with Crippen molar-refractivity contribution < 1.29 is 14.2 Å². The molecule has 0 N–H and O–H groups in total. The minimum atomic E-state index is 0.189. The third kappa shape index (κ3) is 2.24. The molecule has 20 heavy (non-hydrogen) atoms. The highest BCUT2D eigenvalue weighted by molar-refractivity contribution is 6.15. The van der Waals surface area contributed by atoms with Crippen LogP contribution in [0.25, 0.3) is 10.8 Å². The molecule has 2 aromatic carbocycles. The number of methoxy groups -OCH3 is 3. The first-order chi connectivity index (χ1) is 9.69. The van der Waals surface area contributed by atoms with Crippen LogP contribution in [0.2, 0.25) is 0 Å². The lowest BCUT2D eigenvalue weighted by atomic mass is 9.97. The number of fused-ring (bicyclic) bond motifs is 1. The van der Waals surface area contributed by atoms with E-state index < -0.39 is 0 Å². The molecule has 0 fully saturated rings. The van der Waals surface area contributed by atoms with Gasteiger partial charge in [0.1, 0.15) is 0 Å². The van der Waals surface area contributed by atoms with Crippen molar-refractivity contribution in [3.05, 3.63) is 29.8 Å². The average molecular weight is 287 g/mol. The second-order valence-electron chi connectivity index (χ2n) is 4.52. The second-order valence-corrected chi connectivity index (χ2v) is 5.22. The topological polar surface area (TPSA) is 27.7 Å². The first kappa shape index (κ1) is 14.7. The second kappa shape index (κ2) is 6.18. The van der Waals surface area contributed by atoms with Crippen LogP contribution in [0.3, 0.4) is 0 Å². The predicted molar refractivity (Wildman–Crippen MR) is 82.4 cm³/mol. The van der Waals surface area contributed by atoms with Gasteiger partial charge in [-0.15, -0.1) is 0 Å². The van der Waals surface area contributed by atoms with Crippen molar-refractivity contribution in [1.82, 2.24) is 0 Å². The lowest BCUT2D eigenvalue weighted by Gasteiger charge is -2.22. The van der Waals surface area contributed by atoms with Crippen LogP contribution in [-0.4, -0.2) is 31.6 Å². The van der Waals surface area contributed by atoms with Crippen molar-refractivity contribution in [2.45, 2.75) is 18.9 Å². The fourth-order valence-electron chi connectivity index (χ4n) is 2.53. The maximum Gasteiger partial charge on any atom is 0.204 e. The van der Waals surface area contributed by atoms with Crippen molar-refractivity contribution in [3.63, 3.8) is 0 Å². The summed E-state index contributed by atoms with van der Waals surface area (Å²) in [6, 6.07) is 8.13. The van der Waals surface area contributed by atoms with Crippen LogP contribution in [0.1, 0.15) is 24.4 Å². The van der Waals surface area contributed by atoms with Gasteiger partial charge in [0.2, 0.25) is 5.75 Å². The lowest BCUT2D eigenvalue weighted by Crippen LogP contribution is -2.05. The van der Waals surface area contributed by atoms with Crippen molar-refractivity contribution in [3.8, 4) is 17.2 Å². The summed E-state index contributed by atoms with van der Waals surface area (Å²) in [5.74, 6) is 2.07. The SMILES string of the molecule is CCC([Si])c1c(OC)c(OC)c(OC)c2ccccc12. The summed E-state index contributed by atoms with van der Waals surface area (Å²) < 4.78 is 16.7. The molecule has 0 amide bonds. The van der Waals surface area contributed by atoms with E-state index in [0.717, 1.165) is 28.5 Å². The van der Waals surface area contributed by atoms with Gasteiger partial charge >= 0.3 is 0 Å². The van der Waals surface area contributed by atoms with Gasteiger partial charge < -0.3 is 14.2 Å². The summed E-state index contributed by atoms with van der Waals surface area (Å²) >= 11 is 0. The molecule has 3 radical (unpaired) electrons. The highest BCUT2D eigenvalue weighted by atomic mass is 28.1. The quantitative estimate of drug-likeness (QED) is 0.788. The van der Waals surface area contributed by atoms with Crippen molar-refractivity contribution in [2.75, 3.05) is 21.3 Å². The van der Waals surface area contributed by atoms with Crippen LogP contribution < -0.4 is 14.2 Å². The molecule has 0 heterocycles. The highest BCUT2D eigenvalue weighted by Crippen LogP contribution is 2.48. The van der Waals surface area contributed by atoms with Gasteiger partial charge in [-0.05, 0) is 10.9 Å². The van der Waals surface area contributed by atoms with Crippen LogP contribution >= 0.6 is 0 Å². The summed E-state index contributed by atoms with van der Waals surface area (Å²) in [6.45, 7) is 2.13. The van der Waals surface area contributed by atoms with Gasteiger partial charge in [-0.25, -0.2) is 0 Å². The smallest absolute Gasteiger partial charge is 0.204 e. The van der Waals surface area contributed by atoms with Crippen molar-refractivity contribution >= 4 is 21.0 Å². The van der Waals surface area contributed by atoms with Crippen LogP contribution in [0, 0.1) is 0 Å². The number of ether oxygens (including phenoxy) is 3. The van der Waals surface area contributed by atoms with Gasteiger partial charge in [0, 0.05) is 21.2 Å². The summed E-state index contributed by atoms with van der Waals surface area (Å²) in [6.07, 6.45) is 0.951. The van der Waals surface area contributed by atoms with Gasteiger partial charge in [-0.3, -0.25) is 0 Å². The molecular weight excluding hydrogens is 268 g/mol. The van der Waals surface area contributed by atoms with E-state index in [1.807, 2.05) is 18.2 Å². The average Bonchev–Trinajstić information content (AvgIpc) is 2.51. The fraction of sp³-hybridized carbons (Fsp3) is 0.375. The van der Waals surface area contributed by atoms with E-state index in [9.17, 15) is 0 Å². The van der Waals surface area contributed by atoms with Crippen molar-refractivity contribution in [2.24, 2.45) is 0 Å². The van der Waals surface area contributed by atoms with Crippen molar-refractivity contribution in [1.29, 1.82) is 0 Å². The molecule has 0 aliphatic rings. The van der Waals surface area contributed by atoms with E-state index in [0.29, 0.717) is 11.5 Å². The van der Waals surface area contributed by atoms with E-state index in [2.05, 4.69) is 23.2 Å². The Morgan fingerprint density at radius 1 is 0.900 bits per heavy atom. The Balaban J connectivity index is 2.94. The third-order valence-electron chi connectivity index (χ3n) is 3.49. The van der Waals surface area contributed by atoms with Gasteiger partial charge in [0.15, 0.2) is 11.5 Å². The number of hydrogen-bond acceptors (Lipinski definition) is 3. The molecule has 0 saturated carbocycles.